The average molecular weight is 285 g/mol. The Hall–Kier alpha value is -0.980. The lowest BCUT2D eigenvalue weighted by molar-refractivity contribution is -0.0203. The third-order valence-electron chi connectivity index (χ3n) is 3.04. The first kappa shape index (κ1) is 17.1. The third kappa shape index (κ3) is 4.85. The zero-order valence-electron chi connectivity index (χ0n) is 13.4. The molecular weight excluding hydrogens is 258 g/mol. The Morgan fingerprint density at radius 3 is 2.55 bits per heavy atom. The smallest absolute Gasteiger partial charge is 0.228 e. The summed E-state index contributed by atoms with van der Waals surface area (Å²) in [5, 5.41) is 7.23. The van der Waals surface area contributed by atoms with Crippen LogP contribution < -0.4 is 5.32 Å². The number of methoxy groups -OCH3 is 1. The van der Waals surface area contributed by atoms with Gasteiger partial charge in [-0.25, -0.2) is 0 Å². The molecule has 1 heterocycles. The second kappa shape index (κ2) is 7.71. The van der Waals surface area contributed by atoms with Crippen molar-refractivity contribution in [2.24, 2.45) is 5.41 Å². The highest BCUT2D eigenvalue weighted by molar-refractivity contribution is 4.97. The summed E-state index contributed by atoms with van der Waals surface area (Å²) in [6.45, 7) is 9.49. The molecule has 1 rings (SSSR count). The van der Waals surface area contributed by atoms with Gasteiger partial charge in [0.2, 0.25) is 11.7 Å². The Kier molecular flexibility index (Phi) is 6.58. The van der Waals surface area contributed by atoms with Crippen LogP contribution in [0.4, 0.5) is 0 Å². The maximum absolute atomic E-state index is 5.76. The molecule has 0 fully saturated rings. The summed E-state index contributed by atoms with van der Waals surface area (Å²) in [4.78, 5) is 4.47. The van der Waals surface area contributed by atoms with Crippen molar-refractivity contribution in [2.45, 2.75) is 46.3 Å². The molecule has 2 atom stereocenters. The first-order valence-corrected chi connectivity index (χ1v) is 7.02. The Morgan fingerprint density at radius 2 is 2.05 bits per heavy atom. The van der Waals surface area contributed by atoms with Crippen molar-refractivity contribution in [3.05, 3.63) is 11.7 Å². The van der Waals surface area contributed by atoms with Crippen molar-refractivity contribution in [3.8, 4) is 0 Å². The van der Waals surface area contributed by atoms with Crippen molar-refractivity contribution in [3.63, 3.8) is 0 Å². The van der Waals surface area contributed by atoms with Gasteiger partial charge in [-0.15, -0.1) is 0 Å². The minimum Gasteiger partial charge on any atom is -0.383 e. The summed E-state index contributed by atoms with van der Waals surface area (Å²) in [6, 6.07) is 0.161. The minimum absolute atomic E-state index is 0.0773. The Morgan fingerprint density at radius 1 is 1.35 bits per heavy atom. The molecule has 20 heavy (non-hydrogen) atoms. The quantitative estimate of drug-likeness (QED) is 0.787. The van der Waals surface area contributed by atoms with Crippen molar-refractivity contribution in [1.82, 2.24) is 15.5 Å². The van der Waals surface area contributed by atoms with Gasteiger partial charge in [-0.1, -0.05) is 25.9 Å². The molecule has 0 spiro atoms. The van der Waals surface area contributed by atoms with E-state index in [1.807, 2.05) is 14.0 Å². The van der Waals surface area contributed by atoms with Crippen LogP contribution in [-0.2, 0) is 15.9 Å². The van der Waals surface area contributed by atoms with Gasteiger partial charge in [0.25, 0.3) is 0 Å². The van der Waals surface area contributed by atoms with Crippen LogP contribution in [-0.4, -0.2) is 43.6 Å². The summed E-state index contributed by atoms with van der Waals surface area (Å²) >= 11 is 0. The number of aromatic nitrogens is 2. The van der Waals surface area contributed by atoms with E-state index in [1.165, 1.54) is 0 Å². The topological polar surface area (TPSA) is 69.4 Å². The van der Waals surface area contributed by atoms with Crippen LogP contribution in [0.5, 0.6) is 0 Å². The molecule has 0 radical (unpaired) electrons. The number of ether oxygens (including phenoxy) is 2. The van der Waals surface area contributed by atoms with Crippen LogP contribution in [0, 0.1) is 5.41 Å². The molecule has 0 saturated heterocycles. The van der Waals surface area contributed by atoms with Gasteiger partial charge in [-0.3, -0.25) is 0 Å². The van der Waals surface area contributed by atoms with Crippen LogP contribution in [0.2, 0.25) is 0 Å². The number of rotatable bonds is 8. The fraction of sp³-hybridized carbons (Fsp3) is 0.857. The Balaban J connectivity index is 2.78. The van der Waals surface area contributed by atoms with E-state index >= 15 is 0 Å². The van der Waals surface area contributed by atoms with Crippen LogP contribution in [0.25, 0.3) is 0 Å². The largest absolute Gasteiger partial charge is 0.383 e. The average Bonchev–Trinajstić information content (AvgIpc) is 2.82. The van der Waals surface area contributed by atoms with E-state index in [9.17, 15) is 0 Å². The van der Waals surface area contributed by atoms with Crippen molar-refractivity contribution < 1.29 is 14.0 Å². The maximum atomic E-state index is 5.76. The van der Waals surface area contributed by atoms with Crippen molar-refractivity contribution in [1.29, 1.82) is 0 Å². The monoisotopic (exact) mass is 285 g/mol. The molecule has 0 aliphatic carbocycles. The number of likely N-dealkylation sites (N-methyl/N-ethyl adjacent to an activating group) is 1. The van der Waals surface area contributed by atoms with E-state index in [0.717, 1.165) is 0 Å². The van der Waals surface area contributed by atoms with E-state index in [0.29, 0.717) is 31.3 Å². The SMILES string of the molecule is CCOC(c1noc(CC(COC)NC)n1)C(C)(C)C. The summed E-state index contributed by atoms with van der Waals surface area (Å²) in [5.74, 6) is 1.21. The second-order valence-electron chi connectivity index (χ2n) is 5.89. The zero-order chi connectivity index (χ0) is 15.2. The molecule has 0 amide bonds. The lowest BCUT2D eigenvalue weighted by atomic mass is 9.88. The summed E-state index contributed by atoms with van der Waals surface area (Å²) in [6.07, 6.45) is 0.473. The van der Waals surface area contributed by atoms with E-state index in [-0.39, 0.29) is 17.6 Å². The molecule has 1 aromatic rings. The maximum Gasteiger partial charge on any atom is 0.228 e. The molecule has 2 unspecified atom stereocenters. The van der Waals surface area contributed by atoms with E-state index in [1.54, 1.807) is 7.11 Å². The summed E-state index contributed by atoms with van der Waals surface area (Å²) in [5.41, 5.74) is -0.0773. The predicted octanol–water partition coefficient (Wildman–Crippen LogP) is 1.97. The Labute approximate surface area is 121 Å². The van der Waals surface area contributed by atoms with Crippen LogP contribution in [0.3, 0.4) is 0 Å². The van der Waals surface area contributed by atoms with Crippen molar-refractivity contribution >= 4 is 0 Å². The molecule has 0 saturated carbocycles. The highest BCUT2D eigenvalue weighted by Crippen LogP contribution is 2.34. The van der Waals surface area contributed by atoms with Crippen LogP contribution in [0.1, 0.15) is 45.5 Å². The van der Waals surface area contributed by atoms with Crippen molar-refractivity contribution in [2.75, 3.05) is 27.4 Å². The molecule has 1 aromatic heterocycles. The molecule has 116 valence electrons. The first-order chi connectivity index (χ1) is 9.42. The third-order valence-corrected chi connectivity index (χ3v) is 3.04. The van der Waals surface area contributed by atoms with Gasteiger partial charge in [-0.05, 0) is 19.4 Å². The molecule has 0 aliphatic rings. The van der Waals surface area contributed by atoms with Gasteiger partial charge in [0.15, 0.2) is 0 Å². The second-order valence-corrected chi connectivity index (χ2v) is 5.89. The van der Waals surface area contributed by atoms with Crippen LogP contribution in [0.15, 0.2) is 4.52 Å². The number of hydrogen-bond donors (Lipinski definition) is 1. The molecule has 1 N–H and O–H groups in total. The van der Waals surface area contributed by atoms with Gasteiger partial charge in [0.1, 0.15) is 6.10 Å². The summed E-state index contributed by atoms with van der Waals surface area (Å²) in [7, 11) is 3.56. The Bertz CT molecular complexity index is 387. The first-order valence-electron chi connectivity index (χ1n) is 7.02. The number of nitrogens with zero attached hydrogens (tertiary/aromatic N) is 2. The van der Waals surface area contributed by atoms with Gasteiger partial charge in [0.05, 0.1) is 6.61 Å². The van der Waals surface area contributed by atoms with Crippen LogP contribution >= 0.6 is 0 Å². The van der Waals surface area contributed by atoms with Gasteiger partial charge in [-0.2, -0.15) is 4.98 Å². The number of nitrogens with one attached hydrogen (secondary N) is 1. The lowest BCUT2D eigenvalue weighted by Gasteiger charge is -2.27. The fourth-order valence-electron chi connectivity index (χ4n) is 1.99. The number of hydrogen-bond acceptors (Lipinski definition) is 6. The highest BCUT2D eigenvalue weighted by atomic mass is 16.5. The molecule has 0 bridgehead atoms. The van der Waals surface area contributed by atoms with Gasteiger partial charge >= 0.3 is 0 Å². The van der Waals surface area contributed by atoms with E-state index in [4.69, 9.17) is 14.0 Å². The van der Waals surface area contributed by atoms with Gasteiger partial charge in [0, 0.05) is 26.2 Å². The minimum atomic E-state index is -0.166. The van der Waals surface area contributed by atoms with Gasteiger partial charge < -0.3 is 19.3 Å². The summed E-state index contributed by atoms with van der Waals surface area (Å²) < 4.78 is 16.2. The molecule has 0 aliphatic heterocycles. The predicted molar refractivity (Wildman–Crippen MR) is 76.5 cm³/mol. The van der Waals surface area contributed by atoms with E-state index < -0.39 is 0 Å². The van der Waals surface area contributed by atoms with E-state index in [2.05, 4.69) is 36.2 Å². The normalized spacial score (nSPS) is 15.3. The molecular formula is C14H27N3O3. The lowest BCUT2D eigenvalue weighted by Crippen LogP contribution is -2.32. The molecule has 6 heteroatoms. The molecule has 6 nitrogen and oxygen atoms in total. The highest BCUT2D eigenvalue weighted by Gasteiger charge is 2.31. The zero-order valence-corrected chi connectivity index (χ0v) is 13.4. The molecule has 0 aromatic carbocycles. The fourth-order valence-corrected chi connectivity index (χ4v) is 1.99. The standard InChI is InChI=1S/C14H27N3O3/c1-7-19-12(14(2,3)4)13-16-11(20-17-13)8-10(15-5)9-18-6/h10,12,15H,7-9H2,1-6H3.